The fraction of sp³-hybridized carbons (Fsp3) is 0.417. The number of esters is 1. The number of hydrogen-bond donors (Lipinski definition) is 1. The van der Waals surface area contributed by atoms with Crippen LogP contribution >= 0.6 is 0 Å². The molecule has 9 nitrogen and oxygen atoms in total. The molecule has 12 heteroatoms. The Balaban J connectivity index is 1.78. The number of aromatic nitrogens is 2. The van der Waals surface area contributed by atoms with Crippen LogP contribution in [0.2, 0.25) is 0 Å². The minimum Gasteiger partial charge on any atom is -0.494 e. The molecule has 0 aliphatic carbocycles. The fourth-order valence-electron chi connectivity index (χ4n) is 4.34. The number of likely N-dealkylation sites (tertiary alicyclic amines) is 1. The van der Waals surface area contributed by atoms with Crippen molar-refractivity contribution in [1.29, 1.82) is 0 Å². The van der Waals surface area contributed by atoms with Crippen molar-refractivity contribution in [3.05, 3.63) is 41.4 Å². The Bertz CT molecular complexity index is 1310. The molecule has 1 amide bonds. The number of carbonyl (C=O) groups excluding carboxylic acids is 2. The summed E-state index contributed by atoms with van der Waals surface area (Å²) < 4.78 is 55.9. The predicted octanol–water partition coefficient (Wildman–Crippen LogP) is 3.79. The van der Waals surface area contributed by atoms with Crippen LogP contribution in [-0.4, -0.2) is 53.0 Å². The van der Waals surface area contributed by atoms with Gasteiger partial charge in [-0.3, -0.25) is 4.79 Å². The predicted molar refractivity (Wildman–Crippen MR) is 122 cm³/mol. The fourth-order valence-corrected chi connectivity index (χ4v) is 4.34. The van der Waals surface area contributed by atoms with Gasteiger partial charge >= 0.3 is 12.1 Å². The third-order valence-electron chi connectivity index (χ3n) is 5.98. The Morgan fingerprint density at radius 2 is 1.97 bits per heavy atom. The lowest BCUT2D eigenvalue weighted by Crippen LogP contribution is -2.42. The number of ether oxygens (including phenoxy) is 2. The lowest BCUT2D eigenvalue weighted by atomic mass is 10.1. The summed E-state index contributed by atoms with van der Waals surface area (Å²) in [4.78, 5) is 35.4. The Hall–Kier alpha value is -3.67. The lowest BCUT2D eigenvalue weighted by Gasteiger charge is -2.22. The van der Waals surface area contributed by atoms with Gasteiger partial charge in [0.25, 0.3) is 5.91 Å². The van der Waals surface area contributed by atoms with E-state index in [4.69, 9.17) is 19.6 Å². The third-order valence-corrected chi connectivity index (χ3v) is 5.98. The van der Waals surface area contributed by atoms with E-state index in [-0.39, 0.29) is 53.1 Å². The zero-order chi connectivity index (χ0) is 26.2. The number of carbonyl (C=O) groups is 2. The van der Waals surface area contributed by atoms with Crippen LogP contribution in [0, 0.1) is 5.92 Å². The normalized spacial score (nSPS) is 18.0. The van der Waals surface area contributed by atoms with Gasteiger partial charge in [0, 0.05) is 17.5 Å². The monoisotopic (exact) mass is 506 g/mol. The van der Waals surface area contributed by atoms with Crippen molar-refractivity contribution in [1.82, 2.24) is 14.9 Å². The molecule has 4 rings (SSSR count). The average molecular weight is 506 g/mol. The molecule has 2 N–H and O–H groups in total. The van der Waals surface area contributed by atoms with Gasteiger partial charge in [0.05, 0.1) is 20.3 Å². The number of fused-ring (bicyclic) bond motifs is 1. The zero-order valence-corrected chi connectivity index (χ0v) is 19.9. The van der Waals surface area contributed by atoms with E-state index >= 15 is 0 Å². The number of alkyl halides is 3. The van der Waals surface area contributed by atoms with Gasteiger partial charge in [-0.05, 0) is 43.5 Å². The second kappa shape index (κ2) is 9.76. The van der Waals surface area contributed by atoms with E-state index < -0.39 is 29.8 Å². The molecule has 3 aromatic rings. The van der Waals surface area contributed by atoms with E-state index in [0.29, 0.717) is 18.5 Å². The molecule has 0 spiro atoms. The van der Waals surface area contributed by atoms with E-state index in [1.165, 1.54) is 24.1 Å². The Kier molecular flexibility index (Phi) is 6.90. The van der Waals surface area contributed by atoms with Crippen LogP contribution < -0.4 is 10.5 Å². The first-order valence-corrected chi connectivity index (χ1v) is 11.3. The topological polar surface area (TPSA) is 121 Å². The molecule has 36 heavy (non-hydrogen) atoms. The summed E-state index contributed by atoms with van der Waals surface area (Å²) in [6.45, 7) is 3.95. The van der Waals surface area contributed by atoms with Crippen molar-refractivity contribution in [2.75, 3.05) is 20.3 Å². The van der Waals surface area contributed by atoms with E-state index in [9.17, 15) is 22.8 Å². The summed E-state index contributed by atoms with van der Waals surface area (Å²) in [6.07, 6.45) is -4.20. The molecule has 1 aromatic carbocycles. The van der Waals surface area contributed by atoms with Crippen LogP contribution in [0.15, 0.2) is 28.7 Å². The second-order valence-corrected chi connectivity index (χ2v) is 8.47. The van der Waals surface area contributed by atoms with Crippen LogP contribution in [-0.2, 0) is 22.3 Å². The van der Waals surface area contributed by atoms with E-state index in [1.54, 1.807) is 13.0 Å². The maximum atomic E-state index is 13.4. The molecule has 3 heterocycles. The number of oxazole rings is 1. The van der Waals surface area contributed by atoms with Gasteiger partial charge < -0.3 is 24.5 Å². The number of nitrogens with two attached hydrogens (primary N) is 1. The van der Waals surface area contributed by atoms with E-state index in [1.807, 2.05) is 6.92 Å². The molecule has 0 bridgehead atoms. The summed E-state index contributed by atoms with van der Waals surface area (Å²) in [5, 5.41) is 0.283. The Labute approximate surface area is 204 Å². The molecule has 192 valence electrons. The molecule has 1 aliphatic heterocycles. The minimum absolute atomic E-state index is 0.0204. The van der Waals surface area contributed by atoms with Crippen molar-refractivity contribution in [3.8, 4) is 17.2 Å². The van der Waals surface area contributed by atoms with E-state index in [2.05, 4.69) is 9.97 Å². The van der Waals surface area contributed by atoms with Crippen molar-refractivity contribution in [3.63, 3.8) is 0 Å². The molecule has 0 saturated carbocycles. The molecule has 0 radical (unpaired) electrons. The number of halogens is 3. The summed E-state index contributed by atoms with van der Waals surface area (Å²) >= 11 is 0. The van der Waals surface area contributed by atoms with Crippen LogP contribution in [0.1, 0.15) is 42.2 Å². The quantitative estimate of drug-likeness (QED) is 0.502. The molecule has 2 aromatic heterocycles. The standard InChI is InChI=1S/C24H25F3N4O5/c1-4-35-23(33)15-9-12(2)11-31(15)22(32)20-17(10-28)36-21(30-20)14-5-7-16(34-3)19-13(14)6-8-18(29-19)24(25,26)27/h5-8,12,15H,4,9-11,28H2,1-3H3/t12-,15-/m0/s1. The zero-order valence-electron chi connectivity index (χ0n) is 19.9. The van der Waals surface area contributed by atoms with E-state index in [0.717, 1.165) is 6.07 Å². The number of rotatable bonds is 6. The molecule has 2 atom stereocenters. The number of benzene rings is 1. The average Bonchev–Trinajstić information content (AvgIpc) is 3.46. The maximum absolute atomic E-state index is 13.4. The minimum atomic E-state index is -4.65. The lowest BCUT2D eigenvalue weighted by molar-refractivity contribution is -0.147. The molecule has 1 saturated heterocycles. The van der Waals surface area contributed by atoms with Gasteiger partial charge in [0.2, 0.25) is 5.89 Å². The van der Waals surface area contributed by atoms with Crippen molar-refractivity contribution < 1.29 is 36.7 Å². The number of methoxy groups -OCH3 is 1. The first-order chi connectivity index (χ1) is 17.1. The van der Waals surface area contributed by atoms with Crippen LogP contribution in [0.5, 0.6) is 5.75 Å². The summed E-state index contributed by atoms with van der Waals surface area (Å²) in [5.41, 5.74) is 4.93. The smallest absolute Gasteiger partial charge is 0.433 e. The number of nitrogens with zero attached hydrogens (tertiary/aromatic N) is 3. The second-order valence-electron chi connectivity index (χ2n) is 8.47. The van der Waals surface area contributed by atoms with Crippen LogP contribution in [0.3, 0.4) is 0 Å². The summed E-state index contributed by atoms with van der Waals surface area (Å²) in [7, 11) is 1.32. The van der Waals surface area contributed by atoms with Gasteiger partial charge in [-0.2, -0.15) is 13.2 Å². The summed E-state index contributed by atoms with van der Waals surface area (Å²) in [6, 6.07) is 4.33. The van der Waals surface area contributed by atoms with Gasteiger partial charge in [-0.25, -0.2) is 14.8 Å². The Morgan fingerprint density at radius 1 is 1.22 bits per heavy atom. The molecule has 1 fully saturated rings. The largest absolute Gasteiger partial charge is 0.494 e. The first-order valence-electron chi connectivity index (χ1n) is 11.3. The Morgan fingerprint density at radius 3 is 2.61 bits per heavy atom. The van der Waals surface area contributed by atoms with Crippen molar-refractivity contribution in [2.24, 2.45) is 11.7 Å². The van der Waals surface area contributed by atoms with Crippen LogP contribution in [0.4, 0.5) is 13.2 Å². The van der Waals surface area contributed by atoms with Crippen LogP contribution in [0.25, 0.3) is 22.4 Å². The molecule has 1 aliphatic rings. The van der Waals surface area contributed by atoms with Crippen molar-refractivity contribution in [2.45, 2.75) is 39.0 Å². The number of hydrogen-bond acceptors (Lipinski definition) is 8. The van der Waals surface area contributed by atoms with Gasteiger partial charge in [-0.1, -0.05) is 6.92 Å². The highest BCUT2D eigenvalue weighted by molar-refractivity contribution is 5.99. The molecule has 0 unspecified atom stereocenters. The highest BCUT2D eigenvalue weighted by Gasteiger charge is 2.41. The highest BCUT2D eigenvalue weighted by Crippen LogP contribution is 2.37. The number of pyridine rings is 1. The van der Waals surface area contributed by atoms with Crippen molar-refractivity contribution >= 4 is 22.8 Å². The van der Waals surface area contributed by atoms with Gasteiger partial charge in [0.15, 0.2) is 11.5 Å². The maximum Gasteiger partial charge on any atom is 0.433 e. The molecular formula is C24H25F3N4O5. The highest BCUT2D eigenvalue weighted by atomic mass is 19.4. The SMILES string of the molecule is CCOC(=O)[C@@H]1C[C@H](C)CN1C(=O)c1nc(-c2ccc(OC)c3nc(C(F)(F)F)ccc23)oc1CN. The third kappa shape index (κ3) is 4.60. The number of amides is 1. The summed E-state index contributed by atoms with van der Waals surface area (Å²) in [5.74, 6) is -0.779. The van der Waals surface area contributed by atoms with Gasteiger partial charge in [-0.15, -0.1) is 0 Å². The van der Waals surface area contributed by atoms with Gasteiger partial charge in [0.1, 0.15) is 23.0 Å². The first kappa shape index (κ1) is 25.4. The molecular weight excluding hydrogens is 481 g/mol.